The molecular weight excluding hydrogens is 483 g/mol. The van der Waals surface area contributed by atoms with Crippen LogP contribution in [0.15, 0.2) is 53.5 Å². The van der Waals surface area contributed by atoms with E-state index in [0.29, 0.717) is 42.7 Å². The minimum absolute atomic E-state index is 0.140. The first kappa shape index (κ1) is 26.4. The number of benzene rings is 2. The third-order valence-electron chi connectivity index (χ3n) is 7.84. The van der Waals surface area contributed by atoms with E-state index in [0.717, 1.165) is 50.1 Å². The molecule has 3 heterocycles. The molecule has 0 atom stereocenters. The summed E-state index contributed by atoms with van der Waals surface area (Å²) in [6, 6.07) is 12.6. The topological polar surface area (TPSA) is 66.8 Å². The lowest BCUT2D eigenvalue weighted by atomic mass is 9.96. The largest absolute Gasteiger partial charge is 0.378 e. The zero-order valence-corrected chi connectivity index (χ0v) is 22.3. The number of nitrogens with zero attached hydrogens (tertiary/aromatic N) is 3. The van der Waals surface area contributed by atoms with Crippen molar-refractivity contribution in [2.75, 3.05) is 50.8 Å². The molecule has 0 radical (unpaired) electrons. The summed E-state index contributed by atoms with van der Waals surface area (Å²) in [5.74, 6) is -0.331. The van der Waals surface area contributed by atoms with Gasteiger partial charge in [0.25, 0.3) is 11.5 Å². The molecule has 3 aromatic rings. The highest BCUT2D eigenvalue weighted by Crippen LogP contribution is 2.22. The molecule has 2 fully saturated rings. The van der Waals surface area contributed by atoms with E-state index in [1.165, 1.54) is 12.1 Å². The summed E-state index contributed by atoms with van der Waals surface area (Å²) in [5, 5.41) is 4.48. The van der Waals surface area contributed by atoms with E-state index in [4.69, 9.17) is 4.74 Å². The Hall–Kier alpha value is -3.23. The molecule has 2 saturated heterocycles. The van der Waals surface area contributed by atoms with E-state index in [-0.39, 0.29) is 23.6 Å². The van der Waals surface area contributed by atoms with Crippen LogP contribution in [-0.2, 0) is 11.3 Å². The molecule has 202 valence electrons. The van der Waals surface area contributed by atoms with Crippen molar-refractivity contribution in [2.45, 2.75) is 39.3 Å². The van der Waals surface area contributed by atoms with E-state index in [2.05, 4.69) is 29.0 Å². The lowest BCUT2D eigenvalue weighted by molar-refractivity contribution is 0.0929. The number of hydrogen-bond acceptors (Lipinski definition) is 5. The van der Waals surface area contributed by atoms with E-state index >= 15 is 0 Å². The lowest BCUT2D eigenvalue weighted by Crippen LogP contribution is -2.41. The van der Waals surface area contributed by atoms with Crippen LogP contribution >= 0.6 is 0 Å². The summed E-state index contributed by atoms with van der Waals surface area (Å²) in [6.07, 6.45) is 3.83. The Morgan fingerprint density at radius 1 is 1.05 bits per heavy atom. The Morgan fingerprint density at radius 3 is 2.55 bits per heavy atom. The molecule has 0 saturated carbocycles. The lowest BCUT2D eigenvalue weighted by Gasteiger charge is -2.34. The van der Waals surface area contributed by atoms with Crippen molar-refractivity contribution in [1.29, 1.82) is 0 Å². The summed E-state index contributed by atoms with van der Waals surface area (Å²) >= 11 is 0. The highest BCUT2D eigenvalue weighted by Gasteiger charge is 2.21. The number of anilines is 1. The number of carbonyl (C=O) groups is 1. The summed E-state index contributed by atoms with van der Waals surface area (Å²) in [4.78, 5) is 30.8. The van der Waals surface area contributed by atoms with Crippen molar-refractivity contribution in [1.82, 2.24) is 14.8 Å². The van der Waals surface area contributed by atoms with Gasteiger partial charge in [-0.3, -0.25) is 9.59 Å². The first-order chi connectivity index (χ1) is 18.4. The molecule has 0 aliphatic carbocycles. The van der Waals surface area contributed by atoms with Gasteiger partial charge in [-0.05, 0) is 99.1 Å². The van der Waals surface area contributed by atoms with Crippen molar-refractivity contribution in [2.24, 2.45) is 5.92 Å². The van der Waals surface area contributed by atoms with Crippen molar-refractivity contribution in [3.05, 3.63) is 76.0 Å². The number of halogens is 1. The monoisotopic (exact) mass is 520 g/mol. The van der Waals surface area contributed by atoms with Gasteiger partial charge in [-0.15, -0.1) is 0 Å². The number of ether oxygens (including phenoxy) is 1. The van der Waals surface area contributed by atoms with Gasteiger partial charge in [0.05, 0.1) is 19.8 Å². The summed E-state index contributed by atoms with van der Waals surface area (Å²) in [6.45, 7) is 10.3. The predicted molar refractivity (Wildman–Crippen MR) is 149 cm³/mol. The van der Waals surface area contributed by atoms with Gasteiger partial charge in [0.2, 0.25) is 0 Å². The quantitative estimate of drug-likeness (QED) is 0.512. The molecule has 1 amide bonds. The fourth-order valence-electron chi connectivity index (χ4n) is 5.50. The first-order valence-electron chi connectivity index (χ1n) is 13.6. The number of carbonyl (C=O) groups excluding carboxylic acids is 1. The van der Waals surface area contributed by atoms with Gasteiger partial charge in [-0.25, -0.2) is 4.39 Å². The summed E-state index contributed by atoms with van der Waals surface area (Å²) in [7, 11) is 0. The van der Waals surface area contributed by atoms with Gasteiger partial charge >= 0.3 is 0 Å². The minimum atomic E-state index is -0.484. The minimum Gasteiger partial charge on any atom is -0.378 e. The standard InChI is InChI=1S/C30H37FN4O3/c1-21(2)33-8-5-22(6-9-33)19-32-29(36)25-15-23(16-26(31)17-25)20-35-10-7-24-18-27(3-4-28(24)30(35)37)34-11-13-38-14-12-34/h3-4,7,10,15-18,21-22H,5-6,8-9,11-14,19-20H2,1-2H3,(H,32,36). The van der Waals surface area contributed by atoms with Crippen molar-refractivity contribution in [3.8, 4) is 0 Å². The maximum absolute atomic E-state index is 14.5. The Bertz CT molecular complexity index is 1340. The van der Waals surface area contributed by atoms with Gasteiger partial charge in [0.15, 0.2) is 0 Å². The smallest absolute Gasteiger partial charge is 0.258 e. The maximum atomic E-state index is 14.5. The number of hydrogen-bond donors (Lipinski definition) is 1. The molecule has 38 heavy (non-hydrogen) atoms. The van der Waals surface area contributed by atoms with E-state index in [1.807, 2.05) is 24.3 Å². The van der Waals surface area contributed by atoms with Gasteiger partial charge in [-0.2, -0.15) is 0 Å². The van der Waals surface area contributed by atoms with Crippen LogP contribution in [-0.4, -0.2) is 67.4 Å². The number of fused-ring (bicyclic) bond motifs is 1. The van der Waals surface area contributed by atoms with Crippen LogP contribution in [0.25, 0.3) is 10.8 Å². The SMILES string of the molecule is CC(C)N1CCC(CNC(=O)c2cc(F)cc(Cn3ccc4cc(N5CCOCC5)ccc4c3=O)c2)CC1. The number of piperidine rings is 1. The zero-order valence-electron chi connectivity index (χ0n) is 22.3. The Labute approximate surface area is 223 Å². The molecule has 0 unspecified atom stereocenters. The summed E-state index contributed by atoms with van der Waals surface area (Å²) in [5.41, 5.74) is 1.79. The van der Waals surface area contributed by atoms with Crippen LogP contribution in [0.5, 0.6) is 0 Å². The second-order valence-corrected chi connectivity index (χ2v) is 10.8. The molecule has 8 heteroatoms. The highest BCUT2D eigenvalue weighted by molar-refractivity contribution is 5.94. The first-order valence-corrected chi connectivity index (χ1v) is 13.6. The molecule has 1 N–H and O–H groups in total. The number of aromatic nitrogens is 1. The number of nitrogens with one attached hydrogen (secondary N) is 1. The van der Waals surface area contributed by atoms with Crippen molar-refractivity contribution < 1.29 is 13.9 Å². The molecule has 0 spiro atoms. The van der Waals surface area contributed by atoms with Crippen LogP contribution in [0.1, 0.15) is 42.6 Å². The molecule has 0 bridgehead atoms. The fourth-order valence-corrected chi connectivity index (χ4v) is 5.50. The Kier molecular flexibility index (Phi) is 8.09. The van der Waals surface area contributed by atoms with E-state index in [9.17, 15) is 14.0 Å². The van der Waals surface area contributed by atoms with Gasteiger partial charge in [0.1, 0.15) is 5.82 Å². The summed E-state index contributed by atoms with van der Waals surface area (Å²) < 4.78 is 21.5. The predicted octanol–water partition coefficient (Wildman–Crippen LogP) is 3.88. The van der Waals surface area contributed by atoms with Gasteiger partial charge in [0, 0.05) is 48.5 Å². The number of amides is 1. The van der Waals surface area contributed by atoms with Crippen molar-refractivity contribution >= 4 is 22.4 Å². The third-order valence-corrected chi connectivity index (χ3v) is 7.84. The highest BCUT2D eigenvalue weighted by atomic mass is 19.1. The van der Waals surface area contributed by atoms with Crippen molar-refractivity contribution in [3.63, 3.8) is 0 Å². The van der Waals surface area contributed by atoms with Crippen LogP contribution in [0.2, 0.25) is 0 Å². The Morgan fingerprint density at radius 2 is 1.82 bits per heavy atom. The molecule has 1 aromatic heterocycles. The normalized spacial score (nSPS) is 17.3. The average molecular weight is 521 g/mol. The van der Waals surface area contributed by atoms with Gasteiger partial charge in [-0.1, -0.05) is 0 Å². The molecule has 2 aliphatic rings. The van der Waals surface area contributed by atoms with Crippen LogP contribution in [0.3, 0.4) is 0 Å². The van der Waals surface area contributed by atoms with E-state index in [1.54, 1.807) is 16.8 Å². The number of likely N-dealkylation sites (tertiary alicyclic amines) is 1. The maximum Gasteiger partial charge on any atom is 0.258 e. The van der Waals surface area contributed by atoms with Crippen LogP contribution < -0.4 is 15.8 Å². The fraction of sp³-hybridized carbons (Fsp3) is 0.467. The van der Waals surface area contributed by atoms with Gasteiger partial charge < -0.3 is 24.4 Å². The number of rotatable bonds is 7. The second-order valence-electron chi connectivity index (χ2n) is 10.8. The molecular formula is C30H37FN4O3. The molecule has 7 nitrogen and oxygen atoms in total. The Balaban J connectivity index is 1.26. The third kappa shape index (κ3) is 6.08. The number of morpholine rings is 1. The molecule has 2 aromatic carbocycles. The van der Waals surface area contributed by atoms with Crippen LogP contribution in [0, 0.1) is 11.7 Å². The molecule has 5 rings (SSSR count). The zero-order chi connectivity index (χ0) is 26.6. The second kappa shape index (κ2) is 11.7. The molecule has 2 aliphatic heterocycles. The number of pyridine rings is 1. The average Bonchev–Trinajstić information content (AvgIpc) is 2.93. The van der Waals surface area contributed by atoms with E-state index < -0.39 is 5.82 Å². The van der Waals surface area contributed by atoms with Crippen LogP contribution in [0.4, 0.5) is 10.1 Å².